The number of hydrogen-bond acceptors (Lipinski definition) is 5. The number of rotatable bonds is 3. The van der Waals surface area contributed by atoms with E-state index in [1.54, 1.807) is 4.90 Å². The minimum atomic E-state index is -0.769. The van der Waals surface area contributed by atoms with E-state index in [1.165, 1.54) is 0 Å². The SMILES string of the molecule is CC(C)c1nnsc1C(=O)N1CCC(C(=O)O)CC1. The van der Waals surface area contributed by atoms with Gasteiger partial charge in [0.25, 0.3) is 5.91 Å². The molecule has 1 amide bonds. The van der Waals surface area contributed by atoms with Gasteiger partial charge < -0.3 is 10.0 Å². The van der Waals surface area contributed by atoms with Crippen LogP contribution in [0.3, 0.4) is 0 Å². The molecule has 1 aromatic heterocycles. The Balaban J connectivity index is 2.05. The van der Waals surface area contributed by atoms with Crippen molar-refractivity contribution < 1.29 is 14.7 Å². The van der Waals surface area contributed by atoms with E-state index in [0.717, 1.165) is 17.2 Å². The summed E-state index contributed by atoms with van der Waals surface area (Å²) in [5.74, 6) is -1.00. The van der Waals surface area contributed by atoms with Crippen LogP contribution in [0, 0.1) is 5.92 Å². The van der Waals surface area contributed by atoms with Gasteiger partial charge in [-0.15, -0.1) is 5.10 Å². The monoisotopic (exact) mass is 283 g/mol. The number of aromatic nitrogens is 2. The number of carboxylic acid groups (broad SMARTS) is 1. The summed E-state index contributed by atoms with van der Waals surface area (Å²) in [6, 6.07) is 0. The first-order valence-electron chi connectivity index (χ1n) is 6.35. The first-order chi connectivity index (χ1) is 9.00. The molecule has 1 fully saturated rings. The molecule has 1 aromatic rings. The van der Waals surface area contributed by atoms with Gasteiger partial charge in [0.15, 0.2) is 0 Å². The fraction of sp³-hybridized carbons (Fsp3) is 0.667. The molecule has 0 radical (unpaired) electrons. The molecule has 0 unspecified atom stereocenters. The summed E-state index contributed by atoms with van der Waals surface area (Å²) in [5.41, 5.74) is 0.732. The number of hydrogen-bond donors (Lipinski definition) is 1. The zero-order chi connectivity index (χ0) is 14.0. The third kappa shape index (κ3) is 2.91. The number of aliphatic carboxylic acids is 1. The average Bonchev–Trinajstić information content (AvgIpc) is 2.87. The van der Waals surface area contributed by atoms with E-state index >= 15 is 0 Å². The number of amides is 1. The lowest BCUT2D eigenvalue weighted by atomic mass is 9.97. The Hall–Kier alpha value is -1.50. The van der Waals surface area contributed by atoms with Crippen LogP contribution in [0.4, 0.5) is 0 Å². The normalized spacial score (nSPS) is 16.9. The second-order valence-electron chi connectivity index (χ2n) is 5.05. The molecule has 7 heteroatoms. The maximum absolute atomic E-state index is 12.4. The topological polar surface area (TPSA) is 83.4 Å². The zero-order valence-corrected chi connectivity index (χ0v) is 11.8. The van der Waals surface area contributed by atoms with Crippen molar-refractivity contribution in [1.29, 1.82) is 0 Å². The van der Waals surface area contributed by atoms with Crippen LogP contribution in [-0.4, -0.2) is 44.6 Å². The van der Waals surface area contributed by atoms with E-state index in [9.17, 15) is 9.59 Å². The summed E-state index contributed by atoms with van der Waals surface area (Å²) in [6.07, 6.45) is 1.04. The minimum Gasteiger partial charge on any atom is -0.481 e. The zero-order valence-electron chi connectivity index (χ0n) is 11.0. The molecule has 1 N–H and O–H groups in total. The van der Waals surface area contributed by atoms with Gasteiger partial charge in [-0.3, -0.25) is 9.59 Å². The predicted molar refractivity (Wildman–Crippen MR) is 70.3 cm³/mol. The van der Waals surface area contributed by atoms with Gasteiger partial charge in [0.05, 0.1) is 11.6 Å². The smallest absolute Gasteiger partial charge is 0.306 e. The van der Waals surface area contributed by atoms with E-state index in [1.807, 2.05) is 13.8 Å². The second kappa shape index (κ2) is 5.64. The third-order valence-electron chi connectivity index (χ3n) is 3.39. The van der Waals surface area contributed by atoms with Crippen molar-refractivity contribution in [1.82, 2.24) is 14.5 Å². The van der Waals surface area contributed by atoms with Crippen LogP contribution in [0.15, 0.2) is 0 Å². The highest BCUT2D eigenvalue weighted by Gasteiger charge is 2.30. The lowest BCUT2D eigenvalue weighted by Gasteiger charge is -2.29. The Bertz CT molecular complexity index is 478. The Labute approximate surface area is 115 Å². The predicted octanol–water partition coefficient (Wildman–Crippen LogP) is 1.60. The molecule has 0 spiro atoms. The van der Waals surface area contributed by atoms with E-state index in [-0.39, 0.29) is 17.7 Å². The van der Waals surface area contributed by atoms with E-state index in [4.69, 9.17) is 5.11 Å². The van der Waals surface area contributed by atoms with Gasteiger partial charge >= 0.3 is 5.97 Å². The molecule has 0 aliphatic carbocycles. The molecule has 2 rings (SSSR count). The molecule has 1 saturated heterocycles. The first-order valence-corrected chi connectivity index (χ1v) is 7.12. The van der Waals surface area contributed by atoms with Crippen LogP contribution in [0.25, 0.3) is 0 Å². The van der Waals surface area contributed by atoms with Gasteiger partial charge in [0.1, 0.15) is 4.88 Å². The van der Waals surface area contributed by atoms with Gasteiger partial charge in [-0.25, -0.2) is 0 Å². The van der Waals surface area contributed by atoms with Gasteiger partial charge in [-0.1, -0.05) is 18.3 Å². The fourth-order valence-electron chi connectivity index (χ4n) is 2.20. The largest absolute Gasteiger partial charge is 0.481 e. The lowest BCUT2D eigenvalue weighted by molar-refractivity contribution is -0.143. The number of likely N-dealkylation sites (tertiary alicyclic amines) is 1. The minimum absolute atomic E-state index is 0.0671. The van der Waals surface area contributed by atoms with E-state index in [0.29, 0.717) is 30.8 Å². The molecular formula is C12H17N3O3S. The van der Waals surface area contributed by atoms with Crippen LogP contribution in [0.2, 0.25) is 0 Å². The molecule has 0 bridgehead atoms. The molecule has 0 atom stereocenters. The van der Waals surface area contributed by atoms with Crippen molar-refractivity contribution in [3.63, 3.8) is 0 Å². The maximum atomic E-state index is 12.4. The highest BCUT2D eigenvalue weighted by atomic mass is 32.1. The molecular weight excluding hydrogens is 266 g/mol. The Morgan fingerprint density at radius 2 is 2.00 bits per heavy atom. The summed E-state index contributed by atoms with van der Waals surface area (Å²) in [6.45, 7) is 4.94. The number of piperidine rings is 1. The van der Waals surface area contributed by atoms with Crippen LogP contribution in [-0.2, 0) is 4.79 Å². The lowest BCUT2D eigenvalue weighted by Crippen LogP contribution is -2.40. The van der Waals surface area contributed by atoms with E-state index < -0.39 is 5.97 Å². The van der Waals surface area contributed by atoms with Crippen molar-refractivity contribution in [3.8, 4) is 0 Å². The van der Waals surface area contributed by atoms with Gasteiger partial charge in [-0.2, -0.15) is 0 Å². The summed E-state index contributed by atoms with van der Waals surface area (Å²) in [5, 5.41) is 12.9. The third-order valence-corrected chi connectivity index (χ3v) is 4.12. The molecule has 2 heterocycles. The Morgan fingerprint density at radius 1 is 1.37 bits per heavy atom. The molecule has 104 valence electrons. The fourth-order valence-corrected chi connectivity index (χ4v) is 2.98. The number of carbonyl (C=O) groups is 2. The van der Waals surface area contributed by atoms with Gasteiger partial charge in [-0.05, 0) is 30.3 Å². The van der Waals surface area contributed by atoms with Crippen LogP contribution in [0.5, 0.6) is 0 Å². The molecule has 0 aromatic carbocycles. The van der Waals surface area contributed by atoms with Crippen molar-refractivity contribution in [3.05, 3.63) is 10.6 Å². The average molecular weight is 283 g/mol. The first kappa shape index (κ1) is 13.9. The van der Waals surface area contributed by atoms with Crippen LogP contribution < -0.4 is 0 Å². The van der Waals surface area contributed by atoms with Gasteiger partial charge in [0.2, 0.25) is 0 Å². The summed E-state index contributed by atoms with van der Waals surface area (Å²) in [7, 11) is 0. The molecule has 19 heavy (non-hydrogen) atoms. The molecule has 1 aliphatic rings. The Morgan fingerprint density at radius 3 is 2.53 bits per heavy atom. The highest BCUT2D eigenvalue weighted by molar-refractivity contribution is 7.08. The standard InChI is InChI=1S/C12H17N3O3S/c1-7(2)9-10(19-14-13-9)11(16)15-5-3-8(4-6-15)12(17)18/h7-8H,3-6H2,1-2H3,(H,17,18). The maximum Gasteiger partial charge on any atom is 0.306 e. The molecule has 0 saturated carbocycles. The summed E-state index contributed by atoms with van der Waals surface area (Å²) >= 11 is 1.12. The quantitative estimate of drug-likeness (QED) is 0.911. The van der Waals surface area contributed by atoms with E-state index in [2.05, 4.69) is 9.59 Å². The number of carboxylic acids is 1. The van der Waals surface area contributed by atoms with Crippen molar-refractivity contribution in [2.75, 3.05) is 13.1 Å². The van der Waals surface area contributed by atoms with Gasteiger partial charge in [0, 0.05) is 13.1 Å². The van der Waals surface area contributed by atoms with Crippen molar-refractivity contribution in [2.24, 2.45) is 5.92 Å². The second-order valence-corrected chi connectivity index (χ2v) is 5.80. The summed E-state index contributed by atoms with van der Waals surface area (Å²) < 4.78 is 3.85. The van der Waals surface area contributed by atoms with Crippen molar-refractivity contribution in [2.45, 2.75) is 32.6 Å². The summed E-state index contributed by atoms with van der Waals surface area (Å²) in [4.78, 5) is 25.5. The van der Waals surface area contributed by atoms with Crippen molar-refractivity contribution >= 4 is 23.4 Å². The number of carbonyl (C=O) groups excluding carboxylic acids is 1. The van der Waals surface area contributed by atoms with Crippen LogP contribution >= 0.6 is 11.5 Å². The molecule has 1 aliphatic heterocycles. The molecule has 6 nitrogen and oxygen atoms in total. The Kier molecular flexibility index (Phi) is 4.14. The van der Waals surface area contributed by atoms with Crippen LogP contribution in [0.1, 0.15) is 48.0 Å². The highest BCUT2D eigenvalue weighted by Crippen LogP contribution is 2.24. The number of nitrogens with zero attached hydrogens (tertiary/aromatic N) is 3.